The van der Waals surface area contributed by atoms with Crippen LogP contribution in [0.25, 0.3) is 0 Å². The molecule has 0 aliphatic heterocycles. The van der Waals surface area contributed by atoms with Gasteiger partial charge in [0, 0.05) is 6.08 Å². The van der Waals surface area contributed by atoms with Gasteiger partial charge in [0.05, 0.1) is 26.4 Å². The Kier molecular flexibility index (Phi) is 9.89. The molecule has 0 saturated heterocycles. The fourth-order valence-corrected chi connectivity index (χ4v) is 0.684. The van der Waals surface area contributed by atoms with Crippen molar-refractivity contribution in [3.8, 4) is 0 Å². The van der Waals surface area contributed by atoms with Crippen molar-refractivity contribution < 1.29 is 19.0 Å². The molecule has 86 valence electrons. The van der Waals surface area contributed by atoms with Crippen LogP contribution in [0, 0.1) is 4.91 Å². The van der Waals surface area contributed by atoms with E-state index in [0.717, 1.165) is 6.08 Å². The summed E-state index contributed by atoms with van der Waals surface area (Å²) in [5.74, 6) is -0.466. The molecule has 0 aliphatic rings. The van der Waals surface area contributed by atoms with Crippen molar-refractivity contribution in [2.24, 2.45) is 5.18 Å². The number of nitrogens with zero attached hydrogens (tertiary/aromatic N) is 1. The summed E-state index contributed by atoms with van der Waals surface area (Å²) >= 11 is 0. The number of nitroso groups, excluding NO2 is 1. The quantitative estimate of drug-likeness (QED) is 0.231. The number of hydrogen-bond donors (Lipinski definition) is 0. The lowest BCUT2D eigenvalue weighted by Gasteiger charge is -2.04. The molecular weight excluding hydrogens is 202 g/mol. The molecule has 0 heterocycles. The van der Waals surface area contributed by atoms with Crippen LogP contribution >= 0.6 is 0 Å². The van der Waals surface area contributed by atoms with Crippen LogP contribution in [0.1, 0.15) is 0 Å². The molecule has 0 amide bonds. The van der Waals surface area contributed by atoms with Crippen molar-refractivity contribution >= 4 is 5.97 Å². The Balaban J connectivity index is 3.01. The smallest absolute Gasteiger partial charge is 0.330 e. The minimum Gasteiger partial charge on any atom is -0.460 e. The van der Waals surface area contributed by atoms with Gasteiger partial charge in [0.1, 0.15) is 13.2 Å². The molecule has 0 N–H and O–H groups in total. The van der Waals surface area contributed by atoms with Crippen LogP contribution in [-0.4, -0.2) is 45.5 Å². The lowest BCUT2D eigenvalue weighted by atomic mass is 10.6. The summed E-state index contributed by atoms with van der Waals surface area (Å²) in [4.78, 5) is 20.2. The van der Waals surface area contributed by atoms with E-state index >= 15 is 0 Å². The van der Waals surface area contributed by atoms with E-state index < -0.39 is 5.97 Å². The number of hydrogen-bond acceptors (Lipinski definition) is 6. The standard InChI is InChI=1S/C9H15NO5/c1-2-9(11)15-8-7-14-6-5-13-4-3-10-12/h2H,1,3-8H2. The number of ether oxygens (including phenoxy) is 3. The minimum absolute atomic E-state index is 0.150. The molecule has 0 aromatic rings. The second-order valence-corrected chi connectivity index (χ2v) is 2.45. The molecule has 6 nitrogen and oxygen atoms in total. The molecular formula is C9H15NO5. The fraction of sp³-hybridized carbons (Fsp3) is 0.667. The number of esters is 1. The van der Waals surface area contributed by atoms with Gasteiger partial charge in [0.25, 0.3) is 0 Å². The van der Waals surface area contributed by atoms with Gasteiger partial charge in [0.15, 0.2) is 0 Å². The Morgan fingerprint density at radius 1 is 1.13 bits per heavy atom. The molecule has 6 heteroatoms. The molecule has 0 saturated carbocycles. The van der Waals surface area contributed by atoms with Gasteiger partial charge in [-0.1, -0.05) is 11.8 Å². The Labute approximate surface area is 88.2 Å². The average molecular weight is 217 g/mol. The van der Waals surface area contributed by atoms with Gasteiger partial charge in [-0.3, -0.25) is 0 Å². The van der Waals surface area contributed by atoms with E-state index in [2.05, 4.69) is 16.5 Å². The highest BCUT2D eigenvalue weighted by atomic mass is 16.6. The van der Waals surface area contributed by atoms with Crippen molar-refractivity contribution in [3.05, 3.63) is 17.6 Å². The predicted molar refractivity (Wildman–Crippen MR) is 53.5 cm³/mol. The SMILES string of the molecule is C=CC(=O)OCCOCCOCCN=O. The van der Waals surface area contributed by atoms with Crippen LogP contribution in [0.5, 0.6) is 0 Å². The third-order valence-corrected chi connectivity index (χ3v) is 1.34. The first kappa shape index (κ1) is 13.7. The first-order valence-corrected chi connectivity index (χ1v) is 4.55. The molecule has 0 fully saturated rings. The van der Waals surface area contributed by atoms with Gasteiger partial charge in [-0.05, 0) is 0 Å². The molecule has 0 atom stereocenters. The topological polar surface area (TPSA) is 74.2 Å². The maximum atomic E-state index is 10.6. The Hall–Kier alpha value is -1.27. The fourth-order valence-electron chi connectivity index (χ4n) is 0.684. The zero-order valence-electron chi connectivity index (χ0n) is 8.52. The summed E-state index contributed by atoms with van der Waals surface area (Å²) in [6.45, 7) is 5.00. The lowest BCUT2D eigenvalue weighted by Crippen LogP contribution is -2.12. The molecule has 0 bridgehead atoms. The van der Waals surface area contributed by atoms with E-state index in [4.69, 9.17) is 9.47 Å². The van der Waals surface area contributed by atoms with E-state index in [1.54, 1.807) is 0 Å². The van der Waals surface area contributed by atoms with E-state index in [0.29, 0.717) is 26.4 Å². The summed E-state index contributed by atoms with van der Waals surface area (Å²) in [6, 6.07) is 0. The normalized spacial score (nSPS) is 9.60. The summed E-state index contributed by atoms with van der Waals surface area (Å²) < 4.78 is 14.7. The number of rotatable bonds is 10. The highest BCUT2D eigenvalue weighted by molar-refractivity contribution is 5.81. The molecule has 0 aliphatic carbocycles. The number of carbonyl (C=O) groups excluding carboxylic acids is 1. The van der Waals surface area contributed by atoms with E-state index in [9.17, 15) is 9.70 Å². The van der Waals surface area contributed by atoms with E-state index in [1.165, 1.54) is 0 Å². The predicted octanol–water partition coefficient (Wildman–Crippen LogP) is 0.515. The highest BCUT2D eigenvalue weighted by Crippen LogP contribution is 1.83. The maximum Gasteiger partial charge on any atom is 0.330 e. The zero-order valence-corrected chi connectivity index (χ0v) is 8.52. The Morgan fingerprint density at radius 3 is 2.33 bits per heavy atom. The van der Waals surface area contributed by atoms with Crippen LogP contribution in [0.15, 0.2) is 17.8 Å². The monoisotopic (exact) mass is 217 g/mol. The van der Waals surface area contributed by atoms with Crippen LogP contribution in [0.2, 0.25) is 0 Å². The van der Waals surface area contributed by atoms with Crippen LogP contribution < -0.4 is 0 Å². The summed E-state index contributed by atoms with van der Waals surface area (Å²) in [5.41, 5.74) is 0. The van der Waals surface area contributed by atoms with Crippen molar-refractivity contribution in [1.29, 1.82) is 0 Å². The van der Waals surface area contributed by atoms with Crippen LogP contribution in [0.4, 0.5) is 0 Å². The maximum absolute atomic E-state index is 10.6. The third kappa shape index (κ3) is 10.7. The van der Waals surface area contributed by atoms with Gasteiger partial charge in [-0.2, -0.15) is 4.91 Å². The molecule has 0 aromatic heterocycles. The third-order valence-electron chi connectivity index (χ3n) is 1.34. The van der Waals surface area contributed by atoms with E-state index in [1.807, 2.05) is 0 Å². The van der Waals surface area contributed by atoms with E-state index in [-0.39, 0.29) is 13.2 Å². The second kappa shape index (κ2) is 10.8. The zero-order chi connectivity index (χ0) is 11.4. The number of carbonyl (C=O) groups is 1. The van der Waals surface area contributed by atoms with Crippen LogP contribution in [0.3, 0.4) is 0 Å². The largest absolute Gasteiger partial charge is 0.460 e. The van der Waals surface area contributed by atoms with Crippen molar-refractivity contribution in [2.75, 3.05) is 39.6 Å². The Morgan fingerprint density at radius 2 is 1.73 bits per heavy atom. The summed E-state index contributed by atoms with van der Waals surface area (Å²) in [5, 5.41) is 2.63. The first-order chi connectivity index (χ1) is 7.31. The molecule has 0 spiro atoms. The second-order valence-electron chi connectivity index (χ2n) is 2.45. The van der Waals surface area contributed by atoms with Crippen molar-refractivity contribution in [2.45, 2.75) is 0 Å². The van der Waals surface area contributed by atoms with Crippen molar-refractivity contribution in [1.82, 2.24) is 0 Å². The summed E-state index contributed by atoms with van der Waals surface area (Å²) in [7, 11) is 0. The molecule has 0 rings (SSSR count). The van der Waals surface area contributed by atoms with Gasteiger partial charge in [0.2, 0.25) is 0 Å². The van der Waals surface area contributed by atoms with Gasteiger partial charge < -0.3 is 14.2 Å². The molecule has 0 unspecified atom stereocenters. The van der Waals surface area contributed by atoms with Crippen LogP contribution in [-0.2, 0) is 19.0 Å². The molecule has 15 heavy (non-hydrogen) atoms. The Bertz CT molecular complexity index is 195. The summed E-state index contributed by atoms with van der Waals surface area (Å²) in [6.07, 6.45) is 1.09. The highest BCUT2D eigenvalue weighted by Gasteiger charge is 1.94. The van der Waals surface area contributed by atoms with Gasteiger partial charge >= 0.3 is 5.97 Å². The molecule has 0 aromatic carbocycles. The molecule has 0 radical (unpaired) electrons. The van der Waals surface area contributed by atoms with Gasteiger partial charge in [-0.15, -0.1) is 0 Å². The van der Waals surface area contributed by atoms with Gasteiger partial charge in [-0.25, -0.2) is 4.79 Å². The lowest BCUT2D eigenvalue weighted by molar-refractivity contribution is -0.139. The first-order valence-electron chi connectivity index (χ1n) is 4.55. The van der Waals surface area contributed by atoms with Crippen molar-refractivity contribution in [3.63, 3.8) is 0 Å². The minimum atomic E-state index is -0.466. The average Bonchev–Trinajstić information content (AvgIpc) is 2.26.